The second kappa shape index (κ2) is 13.0. The zero-order chi connectivity index (χ0) is 29.7. The number of hydrogen-bond donors (Lipinski definition) is 3. The van der Waals surface area contributed by atoms with Crippen LogP contribution >= 0.6 is 22.9 Å². The van der Waals surface area contributed by atoms with Crippen molar-refractivity contribution in [3.05, 3.63) is 74.1 Å². The van der Waals surface area contributed by atoms with E-state index in [1.54, 1.807) is 37.3 Å². The van der Waals surface area contributed by atoms with Crippen molar-refractivity contribution in [3.8, 4) is 21.9 Å². The molecule has 0 bridgehead atoms. The molecular formula is C27H26ClN3O9S. The highest BCUT2D eigenvalue weighted by molar-refractivity contribution is 7.18. The van der Waals surface area contributed by atoms with Crippen LogP contribution in [0.25, 0.3) is 10.4 Å². The van der Waals surface area contributed by atoms with Gasteiger partial charge in [-0.1, -0.05) is 29.8 Å². The Morgan fingerprint density at radius 2 is 1.88 bits per heavy atom. The van der Waals surface area contributed by atoms with Crippen molar-refractivity contribution in [1.29, 1.82) is 0 Å². The molecule has 0 spiro atoms. The van der Waals surface area contributed by atoms with Gasteiger partial charge in [-0.05, 0) is 73.8 Å². The average Bonchev–Trinajstić information content (AvgIpc) is 3.27. The zero-order valence-corrected chi connectivity index (χ0v) is 23.3. The van der Waals surface area contributed by atoms with Crippen LogP contribution in [0.3, 0.4) is 0 Å². The average molecular weight is 604 g/mol. The second-order valence-corrected chi connectivity index (χ2v) is 10.7. The molecular weight excluding hydrogens is 578 g/mol. The van der Waals surface area contributed by atoms with Gasteiger partial charge >= 0.3 is 17.8 Å². The third kappa shape index (κ3) is 6.93. The number of hydrogen-bond acceptors (Lipinski definition) is 9. The number of piperidine rings is 1. The Kier molecular flexibility index (Phi) is 9.42. The maximum absolute atomic E-state index is 13.7. The molecule has 41 heavy (non-hydrogen) atoms. The number of halogens is 1. The number of thiophene rings is 1. The number of carboxylic acids is 2. The number of aromatic carboxylic acids is 1. The number of carboxylic acid groups (broad SMARTS) is 2. The van der Waals surface area contributed by atoms with Crippen LogP contribution in [0.1, 0.15) is 28.1 Å². The number of aliphatic carboxylic acids is 1. The molecule has 1 saturated heterocycles. The Morgan fingerprint density at radius 3 is 2.51 bits per heavy atom. The molecule has 1 aromatic heterocycles. The number of amides is 1. The Balaban J connectivity index is 1.70. The molecule has 1 unspecified atom stereocenters. The first-order chi connectivity index (χ1) is 19.6. The van der Waals surface area contributed by atoms with Crippen LogP contribution in [-0.2, 0) is 9.59 Å². The normalized spacial score (nSPS) is 14.2. The number of rotatable bonds is 11. The van der Waals surface area contributed by atoms with Crippen LogP contribution in [0.4, 0.5) is 5.69 Å². The van der Waals surface area contributed by atoms with E-state index in [9.17, 15) is 29.6 Å². The fraction of sp³-hybridized carbons (Fsp3) is 0.296. The van der Waals surface area contributed by atoms with Crippen LogP contribution in [-0.4, -0.2) is 58.9 Å². The third-order valence-corrected chi connectivity index (χ3v) is 8.01. The lowest BCUT2D eigenvalue weighted by molar-refractivity contribution is -0.484. The standard InChI is InChI=1S/C27H26ClN3O9S/c1-15-22(39-14-21(32)33)25(27(35)36)41-24(15)17-4-2-7-20(12-17)40-23(16-8-10-29-11-9-16)26(34)30(31(37)38)19-6-3-5-18(28)13-19/h2-7,12-13,16,23,29H,8-11,14H2,1H3,(H,32,33)(H,35,36). The van der Waals surface area contributed by atoms with Gasteiger partial charge in [0.1, 0.15) is 17.2 Å². The maximum atomic E-state index is 13.7. The van der Waals surface area contributed by atoms with Gasteiger partial charge < -0.3 is 25.0 Å². The van der Waals surface area contributed by atoms with Gasteiger partial charge in [-0.15, -0.1) is 11.3 Å². The SMILES string of the molecule is Cc1c(-c2cccc(OC(C(=O)N(c3cccc(Cl)c3)[N+](=O)[O-])C3CCNCC3)c2)sc(C(=O)O)c1OCC(=O)O. The number of carbonyl (C=O) groups is 3. The molecule has 12 nitrogen and oxygen atoms in total. The van der Waals surface area contributed by atoms with Gasteiger partial charge in [0.25, 0.3) is 0 Å². The Labute approximate surface area is 243 Å². The van der Waals surface area contributed by atoms with Crippen molar-refractivity contribution in [2.75, 3.05) is 24.7 Å². The number of nitrogens with one attached hydrogen (secondary N) is 1. The largest absolute Gasteiger partial charge is 0.480 e. The number of anilines is 1. The van der Waals surface area contributed by atoms with E-state index in [1.165, 1.54) is 18.2 Å². The monoisotopic (exact) mass is 603 g/mol. The Bertz CT molecular complexity index is 1470. The summed E-state index contributed by atoms with van der Waals surface area (Å²) in [6, 6.07) is 12.3. The van der Waals surface area contributed by atoms with Gasteiger partial charge in [-0.2, -0.15) is 0 Å². The molecule has 1 aliphatic rings. The highest BCUT2D eigenvalue weighted by atomic mass is 35.5. The number of nitro groups is 1. The predicted molar refractivity (Wildman–Crippen MR) is 151 cm³/mol. The van der Waals surface area contributed by atoms with Crippen LogP contribution in [0.2, 0.25) is 5.02 Å². The van der Waals surface area contributed by atoms with E-state index in [2.05, 4.69) is 5.32 Å². The van der Waals surface area contributed by atoms with E-state index in [4.69, 9.17) is 26.2 Å². The second-order valence-electron chi connectivity index (χ2n) is 9.22. The molecule has 0 radical (unpaired) electrons. The van der Waals surface area contributed by atoms with Gasteiger partial charge in [0.2, 0.25) is 0 Å². The molecule has 14 heteroatoms. The minimum atomic E-state index is -1.27. The first kappa shape index (κ1) is 29.8. The lowest BCUT2D eigenvalue weighted by atomic mass is 9.91. The van der Waals surface area contributed by atoms with E-state index in [-0.39, 0.29) is 33.0 Å². The molecule has 1 atom stereocenters. The number of carbonyl (C=O) groups excluding carboxylic acids is 1. The number of ether oxygens (including phenoxy) is 2. The first-order valence-electron chi connectivity index (χ1n) is 12.5. The van der Waals surface area contributed by atoms with Crippen LogP contribution in [0, 0.1) is 23.0 Å². The predicted octanol–water partition coefficient (Wildman–Crippen LogP) is 4.51. The molecule has 4 rings (SSSR count). The van der Waals surface area contributed by atoms with Crippen molar-refractivity contribution < 1.29 is 39.1 Å². The summed E-state index contributed by atoms with van der Waals surface area (Å²) >= 11 is 6.95. The van der Waals surface area contributed by atoms with E-state index < -0.39 is 35.6 Å². The van der Waals surface area contributed by atoms with Crippen molar-refractivity contribution in [3.63, 3.8) is 0 Å². The van der Waals surface area contributed by atoms with Gasteiger partial charge in [0.05, 0.1) is 0 Å². The van der Waals surface area contributed by atoms with Crippen molar-refractivity contribution in [2.24, 2.45) is 5.92 Å². The van der Waals surface area contributed by atoms with Crippen molar-refractivity contribution in [1.82, 2.24) is 5.32 Å². The molecule has 1 aliphatic heterocycles. The molecule has 1 amide bonds. The van der Waals surface area contributed by atoms with Crippen molar-refractivity contribution >= 4 is 46.5 Å². The van der Waals surface area contributed by atoms with E-state index in [0.717, 1.165) is 11.3 Å². The highest BCUT2D eigenvalue weighted by Gasteiger charge is 2.40. The number of hydrazine groups is 1. The maximum Gasteiger partial charge on any atom is 0.349 e. The molecule has 3 N–H and O–H groups in total. The molecule has 2 heterocycles. The smallest absolute Gasteiger partial charge is 0.349 e. The summed E-state index contributed by atoms with van der Waals surface area (Å²) in [5.41, 5.74) is 0.959. The Hall–Kier alpha value is -4.20. The topological polar surface area (TPSA) is 169 Å². The molecule has 3 aromatic rings. The lowest BCUT2D eigenvalue weighted by Gasteiger charge is -2.31. The zero-order valence-electron chi connectivity index (χ0n) is 21.7. The van der Waals surface area contributed by atoms with Crippen molar-refractivity contribution in [2.45, 2.75) is 25.9 Å². The highest BCUT2D eigenvalue weighted by Crippen LogP contribution is 2.42. The number of benzene rings is 2. The van der Waals surface area contributed by atoms with E-state index >= 15 is 0 Å². The quantitative estimate of drug-likeness (QED) is 0.209. The summed E-state index contributed by atoms with van der Waals surface area (Å²) in [5.74, 6) is -3.51. The van der Waals surface area contributed by atoms with E-state index in [0.29, 0.717) is 46.9 Å². The molecule has 216 valence electrons. The summed E-state index contributed by atoms with van der Waals surface area (Å²) in [5, 5.41) is 33.8. The minimum absolute atomic E-state index is 0.00640. The summed E-state index contributed by atoms with van der Waals surface area (Å²) in [6.45, 7) is 2.13. The molecule has 0 aliphatic carbocycles. The van der Waals surface area contributed by atoms with Crippen LogP contribution in [0.5, 0.6) is 11.5 Å². The van der Waals surface area contributed by atoms with Crippen LogP contribution < -0.4 is 19.8 Å². The first-order valence-corrected chi connectivity index (χ1v) is 13.7. The lowest BCUT2D eigenvalue weighted by Crippen LogP contribution is -2.50. The summed E-state index contributed by atoms with van der Waals surface area (Å²) in [7, 11) is 0. The van der Waals surface area contributed by atoms with Crippen LogP contribution in [0.15, 0.2) is 48.5 Å². The minimum Gasteiger partial charge on any atom is -0.480 e. The van der Waals surface area contributed by atoms with Gasteiger partial charge in [-0.25, -0.2) is 19.7 Å². The van der Waals surface area contributed by atoms with Gasteiger partial charge in [0.15, 0.2) is 22.6 Å². The van der Waals surface area contributed by atoms with E-state index in [1.807, 2.05) is 0 Å². The molecule has 0 saturated carbocycles. The van der Waals surface area contributed by atoms with Gasteiger partial charge in [-0.3, -0.25) is 4.79 Å². The molecule has 2 aromatic carbocycles. The van der Waals surface area contributed by atoms with Gasteiger partial charge in [0, 0.05) is 21.4 Å². The summed E-state index contributed by atoms with van der Waals surface area (Å²) in [6.07, 6.45) is -0.105. The summed E-state index contributed by atoms with van der Waals surface area (Å²) in [4.78, 5) is 49.0. The third-order valence-electron chi connectivity index (χ3n) is 6.47. The fourth-order valence-corrected chi connectivity index (χ4v) is 5.88. The molecule has 1 fully saturated rings. The number of nitrogens with zero attached hydrogens (tertiary/aromatic N) is 2. The fourth-order valence-electron chi connectivity index (χ4n) is 4.61. The summed E-state index contributed by atoms with van der Waals surface area (Å²) < 4.78 is 11.5. The Morgan fingerprint density at radius 1 is 1.17 bits per heavy atom.